The maximum Gasteiger partial charge on any atom is 0.304 e. The van der Waals surface area contributed by atoms with Crippen LogP contribution in [-0.4, -0.2) is 25.0 Å². The molecular weight excluding hydrogens is 256 g/mol. The van der Waals surface area contributed by atoms with Crippen molar-refractivity contribution in [3.63, 3.8) is 0 Å². The zero-order valence-electron chi connectivity index (χ0n) is 11.9. The zero-order chi connectivity index (χ0) is 14.2. The standard InChI is InChI=1S/C16H22O4/c1-13(17)20-16-11-15(9-5-6-10-18-16)19-12-14-7-3-2-4-8-14/h2-4,7-8,15-16H,5-6,9-12H2,1H3/t15-,16?/m0/s1. The minimum atomic E-state index is -0.478. The summed E-state index contributed by atoms with van der Waals surface area (Å²) in [5, 5.41) is 0. The van der Waals surface area contributed by atoms with Crippen molar-refractivity contribution < 1.29 is 19.0 Å². The lowest BCUT2D eigenvalue weighted by Crippen LogP contribution is -2.29. The van der Waals surface area contributed by atoms with Gasteiger partial charge in [-0.1, -0.05) is 30.3 Å². The van der Waals surface area contributed by atoms with Crippen LogP contribution in [-0.2, 0) is 25.6 Å². The topological polar surface area (TPSA) is 44.8 Å². The molecule has 2 rings (SSSR count). The van der Waals surface area contributed by atoms with Crippen molar-refractivity contribution in [1.29, 1.82) is 0 Å². The Labute approximate surface area is 120 Å². The summed E-state index contributed by atoms with van der Waals surface area (Å²) in [5.41, 5.74) is 1.15. The molecule has 20 heavy (non-hydrogen) atoms. The Morgan fingerprint density at radius 1 is 1.30 bits per heavy atom. The van der Waals surface area contributed by atoms with Gasteiger partial charge in [0.1, 0.15) is 0 Å². The molecule has 1 heterocycles. The van der Waals surface area contributed by atoms with Gasteiger partial charge in [0.2, 0.25) is 6.29 Å². The second kappa shape index (κ2) is 8.02. The van der Waals surface area contributed by atoms with Crippen molar-refractivity contribution in [2.45, 2.75) is 51.6 Å². The maximum atomic E-state index is 11.1. The molecule has 0 bridgehead atoms. The third-order valence-electron chi connectivity index (χ3n) is 3.31. The van der Waals surface area contributed by atoms with Crippen molar-refractivity contribution >= 4 is 5.97 Å². The SMILES string of the molecule is CC(=O)OC1C[C@@H](OCc2ccccc2)CCCCO1. The van der Waals surface area contributed by atoms with Gasteiger partial charge in [-0.05, 0) is 24.8 Å². The Morgan fingerprint density at radius 3 is 2.85 bits per heavy atom. The van der Waals surface area contributed by atoms with Crippen LogP contribution in [0.1, 0.15) is 38.2 Å². The summed E-state index contributed by atoms with van der Waals surface area (Å²) in [7, 11) is 0. The van der Waals surface area contributed by atoms with Crippen LogP contribution in [0.2, 0.25) is 0 Å². The molecule has 110 valence electrons. The van der Waals surface area contributed by atoms with Crippen LogP contribution in [0.3, 0.4) is 0 Å². The lowest BCUT2D eigenvalue weighted by molar-refractivity contribution is -0.187. The van der Waals surface area contributed by atoms with Gasteiger partial charge in [-0.3, -0.25) is 4.79 Å². The van der Waals surface area contributed by atoms with Crippen molar-refractivity contribution in [3.05, 3.63) is 35.9 Å². The van der Waals surface area contributed by atoms with E-state index in [0.29, 0.717) is 19.6 Å². The summed E-state index contributed by atoms with van der Waals surface area (Å²) in [5.74, 6) is -0.308. The summed E-state index contributed by atoms with van der Waals surface area (Å²) in [4.78, 5) is 11.1. The van der Waals surface area contributed by atoms with Gasteiger partial charge >= 0.3 is 5.97 Å². The van der Waals surface area contributed by atoms with Crippen LogP contribution in [0.15, 0.2) is 30.3 Å². The third kappa shape index (κ3) is 5.31. The van der Waals surface area contributed by atoms with E-state index in [4.69, 9.17) is 14.2 Å². The van der Waals surface area contributed by atoms with E-state index in [9.17, 15) is 4.79 Å². The quantitative estimate of drug-likeness (QED) is 0.794. The van der Waals surface area contributed by atoms with E-state index in [0.717, 1.165) is 24.8 Å². The number of hydrogen-bond donors (Lipinski definition) is 0. The Balaban J connectivity index is 1.85. The first kappa shape index (κ1) is 15.0. The monoisotopic (exact) mass is 278 g/mol. The first-order valence-electron chi connectivity index (χ1n) is 7.18. The second-order valence-corrected chi connectivity index (χ2v) is 5.06. The van der Waals surface area contributed by atoms with Gasteiger partial charge in [0, 0.05) is 13.3 Å². The van der Waals surface area contributed by atoms with E-state index in [1.54, 1.807) is 0 Å². The molecule has 1 aromatic carbocycles. The molecule has 0 amide bonds. The third-order valence-corrected chi connectivity index (χ3v) is 3.31. The van der Waals surface area contributed by atoms with Gasteiger partial charge in [-0.25, -0.2) is 0 Å². The van der Waals surface area contributed by atoms with Crippen molar-refractivity contribution in [2.24, 2.45) is 0 Å². The Bertz CT molecular complexity index is 404. The maximum absolute atomic E-state index is 11.1. The van der Waals surface area contributed by atoms with Gasteiger partial charge in [0.05, 0.1) is 19.3 Å². The molecule has 1 aromatic rings. The highest BCUT2D eigenvalue weighted by Crippen LogP contribution is 2.19. The predicted molar refractivity (Wildman–Crippen MR) is 75.0 cm³/mol. The van der Waals surface area contributed by atoms with E-state index in [-0.39, 0.29) is 12.1 Å². The van der Waals surface area contributed by atoms with Gasteiger partial charge in [0.15, 0.2) is 0 Å². The number of esters is 1. The molecule has 0 aliphatic carbocycles. The first-order valence-corrected chi connectivity index (χ1v) is 7.18. The average molecular weight is 278 g/mol. The van der Waals surface area contributed by atoms with Crippen LogP contribution < -0.4 is 0 Å². The van der Waals surface area contributed by atoms with Crippen LogP contribution in [0, 0.1) is 0 Å². The molecular formula is C16H22O4. The Kier molecular flexibility index (Phi) is 6.02. The summed E-state index contributed by atoms with van der Waals surface area (Å²) in [6.45, 7) is 2.63. The lowest BCUT2D eigenvalue weighted by atomic mass is 10.1. The van der Waals surface area contributed by atoms with Crippen LogP contribution in [0.25, 0.3) is 0 Å². The predicted octanol–water partition coefficient (Wildman–Crippen LogP) is 3.05. The molecule has 2 atom stereocenters. The van der Waals surface area contributed by atoms with E-state index in [1.165, 1.54) is 6.92 Å². The summed E-state index contributed by atoms with van der Waals surface area (Å²) in [6, 6.07) is 10.1. The molecule has 4 heteroatoms. The van der Waals surface area contributed by atoms with Crippen LogP contribution in [0.4, 0.5) is 0 Å². The highest BCUT2D eigenvalue weighted by atomic mass is 16.7. The van der Waals surface area contributed by atoms with Crippen molar-refractivity contribution in [3.8, 4) is 0 Å². The van der Waals surface area contributed by atoms with E-state index >= 15 is 0 Å². The second-order valence-electron chi connectivity index (χ2n) is 5.06. The molecule has 1 aliphatic rings. The molecule has 0 radical (unpaired) electrons. The molecule has 1 saturated heterocycles. The fraction of sp³-hybridized carbons (Fsp3) is 0.562. The van der Waals surface area contributed by atoms with Crippen molar-refractivity contribution in [1.82, 2.24) is 0 Å². The summed E-state index contributed by atoms with van der Waals surface area (Å²) < 4.78 is 16.7. The number of rotatable bonds is 4. The number of benzene rings is 1. The highest BCUT2D eigenvalue weighted by molar-refractivity contribution is 5.66. The van der Waals surface area contributed by atoms with Gasteiger partial charge in [0.25, 0.3) is 0 Å². The molecule has 0 saturated carbocycles. The molecule has 0 spiro atoms. The molecule has 0 N–H and O–H groups in total. The fourth-order valence-electron chi connectivity index (χ4n) is 2.30. The van der Waals surface area contributed by atoms with Gasteiger partial charge < -0.3 is 14.2 Å². The molecule has 1 aliphatic heterocycles. The van der Waals surface area contributed by atoms with Crippen LogP contribution in [0.5, 0.6) is 0 Å². The van der Waals surface area contributed by atoms with E-state index < -0.39 is 6.29 Å². The van der Waals surface area contributed by atoms with E-state index in [2.05, 4.69) is 0 Å². The Morgan fingerprint density at radius 2 is 2.10 bits per heavy atom. The number of hydrogen-bond acceptors (Lipinski definition) is 4. The normalized spacial score (nSPS) is 23.6. The smallest absolute Gasteiger partial charge is 0.304 e. The van der Waals surface area contributed by atoms with E-state index in [1.807, 2.05) is 30.3 Å². The highest BCUT2D eigenvalue weighted by Gasteiger charge is 2.22. The molecule has 1 fully saturated rings. The molecule has 1 unspecified atom stereocenters. The minimum Gasteiger partial charge on any atom is -0.436 e. The van der Waals surface area contributed by atoms with Crippen molar-refractivity contribution in [2.75, 3.05) is 6.61 Å². The fourth-order valence-corrected chi connectivity index (χ4v) is 2.30. The minimum absolute atomic E-state index is 0.0693. The largest absolute Gasteiger partial charge is 0.436 e. The van der Waals surface area contributed by atoms with Gasteiger partial charge in [-0.2, -0.15) is 0 Å². The summed E-state index contributed by atoms with van der Waals surface area (Å²) >= 11 is 0. The Hall–Kier alpha value is -1.39. The zero-order valence-corrected chi connectivity index (χ0v) is 11.9. The van der Waals surface area contributed by atoms with Crippen LogP contribution >= 0.6 is 0 Å². The first-order chi connectivity index (χ1) is 9.74. The molecule has 0 aromatic heterocycles. The van der Waals surface area contributed by atoms with Gasteiger partial charge in [-0.15, -0.1) is 0 Å². The number of carbonyl (C=O) groups excluding carboxylic acids is 1. The number of ether oxygens (including phenoxy) is 3. The lowest BCUT2D eigenvalue weighted by Gasteiger charge is -2.26. The summed E-state index contributed by atoms with van der Waals surface area (Å²) in [6.07, 6.45) is 3.23. The average Bonchev–Trinajstić information content (AvgIpc) is 2.41. The number of carbonyl (C=O) groups is 1. The molecule has 4 nitrogen and oxygen atoms in total.